The summed E-state index contributed by atoms with van der Waals surface area (Å²) in [6.45, 7) is 11.3. The van der Waals surface area contributed by atoms with Crippen LogP contribution in [0.3, 0.4) is 0 Å². The fourth-order valence-corrected chi connectivity index (χ4v) is 3.27. The second-order valence-corrected chi connectivity index (χ2v) is 6.80. The van der Waals surface area contributed by atoms with Gasteiger partial charge in [0, 0.05) is 43.0 Å². The number of benzene rings is 1. The smallest absolute Gasteiger partial charge is 0.253 e. The highest BCUT2D eigenvalue weighted by Crippen LogP contribution is 2.21. The molecule has 0 N–H and O–H groups in total. The highest BCUT2D eigenvalue weighted by atomic mass is 16.2. The number of carbonyl (C=O) groups excluding carboxylic acids is 1. The number of amides is 1. The van der Waals surface area contributed by atoms with Crippen molar-refractivity contribution in [2.75, 3.05) is 31.1 Å². The molecule has 1 fully saturated rings. The van der Waals surface area contributed by atoms with Crippen molar-refractivity contribution in [3.8, 4) is 0 Å². The molecule has 132 valence electrons. The van der Waals surface area contributed by atoms with Crippen LogP contribution in [-0.2, 0) is 0 Å². The quantitative estimate of drug-likeness (QED) is 0.844. The number of carbonyl (C=O) groups is 1. The van der Waals surface area contributed by atoms with Gasteiger partial charge in [-0.2, -0.15) is 0 Å². The molecule has 2 heterocycles. The van der Waals surface area contributed by atoms with Crippen LogP contribution in [0, 0.1) is 27.7 Å². The molecule has 1 aliphatic heterocycles. The second-order valence-electron chi connectivity index (χ2n) is 6.80. The standard InChI is InChI=1S/C20H26N4O/c1-14-6-8-18(9-7-14)20(25)24-11-5-10-23(12-13-24)19-15(2)16(3)21-17(4)22-19/h6-9H,5,10-13H2,1-4H3. The molecule has 1 aliphatic rings. The minimum absolute atomic E-state index is 0.119. The Bertz CT molecular complexity index is 770. The minimum atomic E-state index is 0.119. The Morgan fingerprint density at radius 2 is 1.64 bits per heavy atom. The number of hydrogen-bond acceptors (Lipinski definition) is 4. The molecule has 0 unspecified atom stereocenters. The van der Waals surface area contributed by atoms with Crippen LogP contribution in [0.15, 0.2) is 24.3 Å². The van der Waals surface area contributed by atoms with E-state index in [1.54, 1.807) is 0 Å². The van der Waals surface area contributed by atoms with Gasteiger partial charge in [0.15, 0.2) is 0 Å². The van der Waals surface area contributed by atoms with Gasteiger partial charge in [0.1, 0.15) is 11.6 Å². The van der Waals surface area contributed by atoms with E-state index in [-0.39, 0.29) is 5.91 Å². The van der Waals surface area contributed by atoms with Crippen LogP contribution in [0.5, 0.6) is 0 Å². The lowest BCUT2D eigenvalue weighted by Crippen LogP contribution is -2.35. The van der Waals surface area contributed by atoms with Gasteiger partial charge in [-0.25, -0.2) is 9.97 Å². The Morgan fingerprint density at radius 1 is 0.920 bits per heavy atom. The predicted molar refractivity (Wildman–Crippen MR) is 100 cm³/mol. The highest BCUT2D eigenvalue weighted by molar-refractivity contribution is 5.94. The van der Waals surface area contributed by atoms with Gasteiger partial charge in [0.05, 0.1) is 0 Å². The predicted octanol–water partition coefficient (Wildman–Crippen LogP) is 3.06. The Kier molecular flexibility index (Phi) is 5.02. The van der Waals surface area contributed by atoms with Crippen molar-refractivity contribution in [1.82, 2.24) is 14.9 Å². The molecule has 1 aromatic carbocycles. The van der Waals surface area contributed by atoms with Gasteiger partial charge >= 0.3 is 0 Å². The summed E-state index contributed by atoms with van der Waals surface area (Å²) in [6, 6.07) is 7.82. The summed E-state index contributed by atoms with van der Waals surface area (Å²) in [7, 11) is 0. The van der Waals surface area contributed by atoms with Crippen molar-refractivity contribution >= 4 is 11.7 Å². The largest absolute Gasteiger partial charge is 0.354 e. The molecular formula is C20H26N4O. The SMILES string of the molecule is Cc1ccc(C(=O)N2CCCN(c3nc(C)nc(C)c3C)CC2)cc1. The van der Waals surface area contributed by atoms with E-state index in [1.807, 2.05) is 49.9 Å². The first kappa shape index (κ1) is 17.4. The van der Waals surface area contributed by atoms with Gasteiger partial charge < -0.3 is 9.80 Å². The molecule has 0 spiro atoms. The van der Waals surface area contributed by atoms with E-state index in [1.165, 1.54) is 5.56 Å². The minimum Gasteiger partial charge on any atom is -0.354 e. The van der Waals surface area contributed by atoms with Crippen molar-refractivity contribution in [1.29, 1.82) is 0 Å². The maximum atomic E-state index is 12.8. The molecule has 5 heteroatoms. The molecule has 1 aromatic heterocycles. The monoisotopic (exact) mass is 338 g/mol. The number of rotatable bonds is 2. The molecular weight excluding hydrogens is 312 g/mol. The maximum Gasteiger partial charge on any atom is 0.253 e. The number of aromatic nitrogens is 2. The number of anilines is 1. The molecule has 1 saturated heterocycles. The van der Waals surface area contributed by atoms with Crippen LogP contribution >= 0.6 is 0 Å². The first-order chi connectivity index (χ1) is 12.0. The van der Waals surface area contributed by atoms with E-state index in [0.29, 0.717) is 6.54 Å². The molecule has 0 bridgehead atoms. The fourth-order valence-electron chi connectivity index (χ4n) is 3.27. The number of hydrogen-bond donors (Lipinski definition) is 0. The lowest BCUT2D eigenvalue weighted by atomic mass is 10.1. The van der Waals surface area contributed by atoms with Gasteiger partial charge in [0.25, 0.3) is 5.91 Å². The third kappa shape index (κ3) is 3.81. The van der Waals surface area contributed by atoms with Gasteiger partial charge in [-0.1, -0.05) is 17.7 Å². The average Bonchev–Trinajstić information content (AvgIpc) is 2.84. The zero-order valence-corrected chi connectivity index (χ0v) is 15.5. The van der Waals surface area contributed by atoms with Crippen LogP contribution < -0.4 is 4.90 Å². The van der Waals surface area contributed by atoms with Crippen molar-refractivity contribution in [2.24, 2.45) is 0 Å². The topological polar surface area (TPSA) is 49.3 Å². The summed E-state index contributed by atoms with van der Waals surface area (Å²) in [5.41, 5.74) is 4.09. The van der Waals surface area contributed by atoms with Crippen molar-refractivity contribution in [3.05, 3.63) is 52.5 Å². The molecule has 5 nitrogen and oxygen atoms in total. The third-order valence-electron chi connectivity index (χ3n) is 4.86. The maximum absolute atomic E-state index is 12.8. The van der Waals surface area contributed by atoms with E-state index < -0.39 is 0 Å². The first-order valence-corrected chi connectivity index (χ1v) is 8.88. The third-order valence-corrected chi connectivity index (χ3v) is 4.86. The van der Waals surface area contributed by atoms with Crippen LogP contribution in [0.4, 0.5) is 5.82 Å². The molecule has 25 heavy (non-hydrogen) atoms. The van der Waals surface area contributed by atoms with Crippen LogP contribution in [0.1, 0.15) is 39.4 Å². The summed E-state index contributed by atoms with van der Waals surface area (Å²) in [4.78, 5) is 26.1. The Morgan fingerprint density at radius 3 is 2.36 bits per heavy atom. The van der Waals surface area contributed by atoms with E-state index in [0.717, 1.165) is 54.5 Å². The molecule has 2 aromatic rings. The van der Waals surface area contributed by atoms with Crippen molar-refractivity contribution in [3.63, 3.8) is 0 Å². The molecule has 1 amide bonds. The van der Waals surface area contributed by atoms with E-state index in [2.05, 4.69) is 21.8 Å². The second kappa shape index (κ2) is 7.21. The summed E-state index contributed by atoms with van der Waals surface area (Å²) < 4.78 is 0. The lowest BCUT2D eigenvalue weighted by molar-refractivity contribution is 0.0767. The van der Waals surface area contributed by atoms with Gasteiger partial charge in [-0.3, -0.25) is 4.79 Å². The summed E-state index contributed by atoms with van der Waals surface area (Å²) in [6.07, 6.45) is 0.944. The fraction of sp³-hybridized carbons (Fsp3) is 0.450. The van der Waals surface area contributed by atoms with Crippen molar-refractivity contribution in [2.45, 2.75) is 34.1 Å². The Labute approximate surface area is 149 Å². The zero-order chi connectivity index (χ0) is 18.0. The molecule has 0 aliphatic carbocycles. The lowest BCUT2D eigenvalue weighted by Gasteiger charge is -2.25. The summed E-state index contributed by atoms with van der Waals surface area (Å²) in [5, 5.41) is 0. The molecule has 0 saturated carbocycles. The Balaban J connectivity index is 1.74. The summed E-state index contributed by atoms with van der Waals surface area (Å²) in [5.74, 6) is 1.93. The van der Waals surface area contributed by atoms with Crippen LogP contribution in [0.25, 0.3) is 0 Å². The normalized spacial score (nSPS) is 15.2. The summed E-state index contributed by atoms with van der Waals surface area (Å²) >= 11 is 0. The average molecular weight is 338 g/mol. The van der Waals surface area contributed by atoms with Gasteiger partial charge in [-0.15, -0.1) is 0 Å². The van der Waals surface area contributed by atoms with Crippen LogP contribution in [0.2, 0.25) is 0 Å². The van der Waals surface area contributed by atoms with E-state index in [9.17, 15) is 4.79 Å². The van der Waals surface area contributed by atoms with Gasteiger partial charge in [0.2, 0.25) is 0 Å². The van der Waals surface area contributed by atoms with E-state index >= 15 is 0 Å². The molecule has 0 atom stereocenters. The number of aryl methyl sites for hydroxylation is 3. The van der Waals surface area contributed by atoms with Gasteiger partial charge in [-0.05, 0) is 46.2 Å². The highest BCUT2D eigenvalue weighted by Gasteiger charge is 2.22. The van der Waals surface area contributed by atoms with Crippen LogP contribution in [-0.4, -0.2) is 47.0 Å². The zero-order valence-electron chi connectivity index (χ0n) is 15.5. The molecule has 3 rings (SSSR count). The number of nitrogens with zero attached hydrogens (tertiary/aromatic N) is 4. The van der Waals surface area contributed by atoms with Crippen molar-refractivity contribution < 1.29 is 4.79 Å². The first-order valence-electron chi connectivity index (χ1n) is 8.88. The van der Waals surface area contributed by atoms with E-state index in [4.69, 9.17) is 0 Å². The molecule has 0 radical (unpaired) electrons. The Hall–Kier alpha value is -2.43.